The van der Waals surface area contributed by atoms with Gasteiger partial charge in [-0.2, -0.15) is 0 Å². The van der Waals surface area contributed by atoms with Crippen LogP contribution < -0.4 is 10.1 Å². The molecule has 3 aromatic carbocycles. The number of carbonyl (C=O) groups is 1. The number of benzene rings is 3. The quantitative estimate of drug-likeness (QED) is 0.340. The van der Waals surface area contributed by atoms with Gasteiger partial charge in [0.05, 0.1) is 11.2 Å². The number of piperazine rings is 1. The molecule has 0 saturated carbocycles. The number of anilines is 1. The van der Waals surface area contributed by atoms with Gasteiger partial charge in [0.1, 0.15) is 12.4 Å². The zero-order chi connectivity index (χ0) is 24.6. The third kappa shape index (κ3) is 6.79. The SMILES string of the molecule is O=C(Nc1ccc(CN2CCN(Cc3ccccc3)CC2)cc1)c1cccc(OCc2cscn2)c1. The summed E-state index contributed by atoms with van der Waals surface area (Å²) in [6.07, 6.45) is 0. The van der Waals surface area contributed by atoms with Crippen molar-refractivity contribution in [1.29, 1.82) is 0 Å². The fraction of sp³-hybridized carbons (Fsp3) is 0.241. The molecule has 1 N–H and O–H groups in total. The van der Waals surface area contributed by atoms with Crippen LogP contribution in [0.5, 0.6) is 5.75 Å². The normalized spacial score (nSPS) is 14.4. The van der Waals surface area contributed by atoms with Gasteiger partial charge in [-0.3, -0.25) is 14.6 Å². The lowest BCUT2D eigenvalue weighted by Crippen LogP contribution is -2.45. The van der Waals surface area contributed by atoms with Crippen molar-refractivity contribution in [2.75, 3.05) is 31.5 Å². The van der Waals surface area contributed by atoms with Gasteiger partial charge in [0, 0.05) is 55.9 Å². The number of hydrogen-bond donors (Lipinski definition) is 1. The molecule has 0 bridgehead atoms. The van der Waals surface area contributed by atoms with Gasteiger partial charge < -0.3 is 10.1 Å². The summed E-state index contributed by atoms with van der Waals surface area (Å²) in [4.78, 5) is 22.0. The van der Waals surface area contributed by atoms with Crippen molar-refractivity contribution in [3.05, 3.63) is 112 Å². The number of aromatic nitrogens is 1. The minimum absolute atomic E-state index is 0.156. The van der Waals surface area contributed by atoms with E-state index in [1.807, 2.05) is 29.6 Å². The standard InChI is InChI=1S/C29H30N4O2S/c34-29(25-7-4-8-28(17-25)35-20-27-21-36-22-30-27)31-26-11-9-24(10-12-26)19-33-15-13-32(14-16-33)18-23-5-2-1-3-6-23/h1-12,17,21-22H,13-16,18-20H2,(H,31,34). The Morgan fingerprint density at radius 2 is 1.56 bits per heavy atom. The second-order valence-electron chi connectivity index (χ2n) is 8.99. The molecule has 6 nitrogen and oxygen atoms in total. The van der Waals surface area contributed by atoms with Crippen LogP contribution in [0.15, 0.2) is 89.8 Å². The van der Waals surface area contributed by atoms with E-state index in [2.05, 4.69) is 62.6 Å². The average Bonchev–Trinajstić information content (AvgIpc) is 3.44. The molecule has 2 heterocycles. The number of amides is 1. The van der Waals surface area contributed by atoms with Gasteiger partial charge >= 0.3 is 0 Å². The third-order valence-corrected chi connectivity index (χ3v) is 6.93. The molecule has 0 spiro atoms. The molecular weight excluding hydrogens is 468 g/mol. The molecule has 0 unspecified atom stereocenters. The van der Waals surface area contributed by atoms with Crippen molar-refractivity contribution >= 4 is 22.9 Å². The Morgan fingerprint density at radius 3 is 2.22 bits per heavy atom. The van der Waals surface area contributed by atoms with E-state index >= 15 is 0 Å². The Balaban J connectivity index is 1.09. The van der Waals surface area contributed by atoms with E-state index in [0.717, 1.165) is 50.6 Å². The molecule has 1 aliphatic heterocycles. The Labute approximate surface area is 216 Å². The first kappa shape index (κ1) is 24.2. The van der Waals surface area contributed by atoms with Crippen LogP contribution in [-0.2, 0) is 19.7 Å². The fourth-order valence-electron chi connectivity index (χ4n) is 4.30. The highest BCUT2D eigenvalue weighted by Gasteiger charge is 2.17. The van der Waals surface area contributed by atoms with E-state index in [1.54, 1.807) is 17.6 Å². The Kier molecular flexibility index (Phi) is 8.03. The predicted octanol–water partition coefficient (Wildman–Crippen LogP) is 5.29. The van der Waals surface area contributed by atoms with Crippen LogP contribution in [0.3, 0.4) is 0 Å². The first-order valence-electron chi connectivity index (χ1n) is 12.2. The predicted molar refractivity (Wildman–Crippen MR) is 144 cm³/mol. The lowest BCUT2D eigenvalue weighted by atomic mass is 10.1. The smallest absolute Gasteiger partial charge is 0.255 e. The lowest BCUT2D eigenvalue weighted by Gasteiger charge is -2.34. The van der Waals surface area contributed by atoms with Gasteiger partial charge in [-0.25, -0.2) is 4.98 Å². The zero-order valence-electron chi connectivity index (χ0n) is 20.2. The summed E-state index contributed by atoms with van der Waals surface area (Å²) in [6, 6.07) is 26.0. The van der Waals surface area contributed by atoms with Gasteiger partial charge in [-0.15, -0.1) is 11.3 Å². The summed E-state index contributed by atoms with van der Waals surface area (Å²) >= 11 is 1.53. The van der Waals surface area contributed by atoms with E-state index in [9.17, 15) is 4.79 Å². The summed E-state index contributed by atoms with van der Waals surface area (Å²) in [5.74, 6) is 0.492. The minimum atomic E-state index is -0.156. The number of rotatable bonds is 9. The van der Waals surface area contributed by atoms with Crippen LogP contribution >= 0.6 is 11.3 Å². The van der Waals surface area contributed by atoms with Gasteiger partial charge in [0.25, 0.3) is 5.91 Å². The first-order valence-corrected chi connectivity index (χ1v) is 13.1. The third-order valence-electron chi connectivity index (χ3n) is 6.30. The molecule has 1 aromatic heterocycles. The molecule has 36 heavy (non-hydrogen) atoms. The van der Waals surface area contributed by atoms with Crippen LogP contribution in [-0.4, -0.2) is 46.9 Å². The summed E-state index contributed by atoms with van der Waals surface area (Å²) in [7, 11) is 0. The Morgan fingerprint density at radius 1 is 0.861 bits per heavy atom. The zero-order valence-corrected chi connectivity index (χ0v) is 21.0. The molecule has 4 aromatic rings. The average molecular weight is 499 g/mol. The highest BCUT2D eigenvalue weighted by molar-refractivity contribution is 7.07. The molecule has 0 aliphatic carbocycles. The van der Waals surface area contributed by atoms with Crippen LogP contribution in [0.1, 0.15) is 27.2 Å². The number of carbonyl (C=O) groups excluding carboxylic acids is 1. The number of hydrogen-bond acceptors (Lipinski definition) is 6. The lowest BCUT2D eigenvalue weighted by molar-refractivity contribution is 0.102. The van der Waals surface area contributed by atoms with Crippen molar-refractivity contribution in [1.82, 2.24) is 14.8 Å². The first-order chi connectivity index (χ1) is 17.7. The molecule has 1 amide bonds. The van der Waals surface area contributed by atoms with Crippen molar-refractivity contribution in [2.24, 2.45) is 0 Å². The summed E-state index contributed by atoms with van der Waals surface area (Å²) in [5.41, 5.74) is 6.62. The molecule has 0 atom stereocenters. The molecule has 1 aliphatic rings. The highest BCUT2D eigenvalue weighted by Crippen LogP contribution is 2.18. The maximum absolute atomic E-state index is 12.8. The minimum Gasteiger partial charge on any atom is -0.487 e. The molecule has 1 saturated heterocycles. The molecule has 0 radical (unpaired) electrons. The van der Waals surface area contributed by atoms with Crippen LogP contribution in [0, 0.1) is 0 Å². The van der Waals surface area contributed by atoms with Gasteiger partial charge in [0.15, 0.2) is 0 Å². The number of nitrogens with zero attached hydrogens (tertiary/aromatic N) is 3. The molecule has 7 heteroatoms. The van der Waals surface area contributed by atoms with E-state index < -0.39 is 0 Å². The topological polar surface area (TPSA) is 57.7 Å². The summed E-state index contributed by atoms with van der Waals surface area (Å²) in [5, 5.41) is 4.94. The Bertz CT molecular complexity index is 1240. The number of thiazole rings is 1. The number of ether oxygens (including phenoxy) is 1. The van der Waals surface area contributed by atoms with Crippen molar-refractivity contribution in [3.63, 3.8) is 0 Å². The second kappa shape index (κ2) is 11.9. The van der Waals surface area contributed by atoms with E-state index in [-0.39, 0.29) is 5.91 Å². The maximum Gasteiger partial charge on any atom is 0.255 e. The van der Waals surface area contributed by atoms with Crippen LogP contribution in [0.4, 0.5) is 5.69 Å². The van der Waals surface area contributed by atoms with E-state index in [4.69, 9.17) is 4.74 Å². The largest absolute Gasteiger partial charge is 0.487 e. The van der Waals surface area contributed by atoms with Crippen molar-refractivity contribution in [3.8, 4) is 5.75 Å². The Hall–Kier alpha value is -3.52. The molecule has 184 valence electrons. The fourth-order valence-corrected chi connectivity index (χ4v) is 4.84. The van der Waals surface area contributed by atoms with Crippen LogP contribution in [0.25, 0.3) is 0 Å². The molecule has 1 fully saturated rings. The van der Waals surface area contributed by atoms with Gasteiger partial charge in [-0.05, 0) is 41.5 Å². The highest BCUT2D eigenvalue weighted by atomic mass is 32.1. The van der Waals surface area contributed by atoms with Crippen molar-refractivity contribution < 1.29 is 9.53 Å². The van der Waals surface area contributed by atoms with Crippen LogP contribution in [0.2, 0.25) is 0 Å². The molecular formula is C29H30N4O2S. The monoisotopic (exact) mass is 498 g/mol. The van der Waals surface area contributed by atoms with Gasteiger partial charge in [0.2, 0.25) is 0 Å². The second-order valence-corrected chi connectivity index (χ2v) is 9.70. The van der Waals surface area contributed by atoms with Crippen molar-refractivity contribution in [2.45, 2.75) is 19.7 Å². The maximum atomic E-state index is 12.8. The number of nitrogens with one attached hydrogen (secondary N) is 1. The van der Waals surface area contributed by atoms with E-state index in [1.165, 1.54) is 22.5 Å². The molecule has 5 rings (SSSR count). The van der Waals surface area contributed by atoms with Gasteiger partial charge in [-0.1, -0.05) is 48.5 Å². The summed E-state index contributed by atoms with van der Waals surface area (Å²) < 4.78 is 5.77. The van der Waals surface area contributed by atoms with E-state index in [0.29, 0.717) is 17.9 Å². The summed E-state index contributed by atoms with van der Waals surface area (Å²) in [6.45, 7) is 6.61.